The topological polar surface area (TPSA) is 15.3 Å². The minimum absolute atomic E-state index is 0.260. The van der Waals surface area contributed by atoms with E-state index in [2.05, 4.69) is 86.0 Å². The summed E-state index contributed by atoms with van der Waals surface area (Å²) in [6, 6.07) is 7.05. The van der Waals surface area contributed by atoms with Gasteiger partial charge in [-0.25, -0.2) is 0 Å². The van der Waals surface area contributed by atoms with Crippen LogP contribution >= 0.6 is 15.9 Å². The Labute approximate surface area is 133 Å². The van der Waals surface area contributed by atoms with Gasteiger partial charge in [0.25, 0.3) is 0 Å². The van der Waals surface area contributed by atoms with Crippen LogP contribution in [-0.2, 0) is 6.54 Å². The molecule has 1 N–H and O–H groups in total. The van der Waals surface area contributed by atoms with Crippen LogP contribution in [0, 0.1) is 5.41 Å². The van der Waals surface area contributed by atoms with Crippen molar-refractivity contribution in [1.29, 1.82) is 0 Å². The van der Waals surface area contributed by atoms with Crippen LogP contribution in [0.25, 0.3) is 0 Å². The van der Waals surface area contributed by atoms with Gasteiger partial charge in [0.2, 0.25) is 0 Å². The molecule has 1 unspecified atom stereocenters. The van der Waals surface area contributed by atoms with Crippen molar-refractivity contribution in [3.63, 3.8) is 0 Å². The Balaban J connectivity index is 2.98. The molecule has 0 aliphatic carbocycles. The number of halogens is 1. The third kappa shape index (κ3) is 4.78. The molecule has 1 aromatic carbocycles. The largest absolute Gasteiger partial charge is 0.371 e. The maximum atomic E-state index is 3.58. The minimum atomic E-state index is 0.260. The summed E-state index contributed by atoms with van der Waals surface area (Å²) < 4.78 is 1.14. The van der Waals surface area contributed by atoms with Crippen LogP contribution in [0.15, 0.2) is 22.7 Å². The second-order valence-corrected chi connectivity index (χ2v) is 7.52. The molecule has 0 spiro atoms. The predicted molar refractivity (Wildman–Crippen MR) is 93.5 cm³/mol. The summed E-state index contributed by atoms with van der Waals surface area (Å²) in [5, 5.41) is 3.50. The van der Waals surface area contributed by atoms with Gasteiger partial charge in [0, 0.05) is 29.8 Å². The summed E-state index contributed by atoms with van der Waals surface area (Å²) in [5.74, 6) is 0. The number of benzene rings is 1. The molecule has 0 aliphatic rings. The van der Waals surface area contributed by atoms with Gasteiger partial charge in [0.15, 0.2) is 0 Å². The summed E-state index contributed by atoms with van der Waals surface area (Å²) >= 11 is 3.58. The molecule has 1 aromatic rings. The molecule has 3 heteroatoms. The zero-order valence-corrected chi connectivity index (χ0v) is 15.3. The van der Waals surface area contributed by atoms with Gasteiger partial charge in [-0.2, -0.15) is 0 Å². The molecule has 0 bridgehead atoms. The number of hydrogen-bond acceptors (Lipinski definition) is 2. The van der Waals surface area contributed by atoms with Crippen LogP contribution in [-0.4, -0.2) is 19.6 Å². The van der Waals surface area contributed by atoms with E-state index in [0.29, 0.717) is 6.04 Å². The first-order valence-corrected chi connectivity index (χ1v) is 8.28. The number of hydrogen-bond donors (Lipinski definition) is 1. The fourth-order valence-electron chi connectivity index (χ4n) is 2.23. The van der Waals surface area contributed by atoms with Crippen molar-refractivity contribution < 1.29 is 0 Å². The van der Waals surface area contributed by atoms with E-state index in [4.69, 9.17) is 0 Å². The van der Waals surface area contributed by atoms with E-state index >= 15 is 0 Å². The lowest BCUT2D eigenvalue weighted by atomic mass is 9.86. The molecule has 0 aliphatic heterocycles. The van der Waals surface area contributed by atoms with E-state index in [-0.39, 0.29) is 5.41 Å². The number of rotatable bonds is 6. The lowest BCUT2D eigenvalue weighted by molar-refractivity contribution is 0.329. The lowest BCUT2D eigenvalue weighted by Gasteiger charge is -2.38. The van der Waals surface area contributed by atoms with Gasteiger partial charge < -0.3 is 10.2 Å². The van der Waals surface area contributed by atoms with Crippen LogP contribution in [0.5, 0.6) is 0 Å². The van der Waals surface area contributed by atoms with E-state index in [1.807, 2.05) is 0 Å². The van der Waals surface area contributed by atoms with Crippen molar-refractivity contribution in [1.82, 2.24) is 5.32 Å². The van der Waals surface area contributed by atoms with Gasteiger partial charge in [-0.3, -0.25) is 0 Å². The first-order valence-electron chi connectivity index (χ1n) is 7.49. The van der Waals surface area contributed by atoms with Gasteiger partial charge in [0.1, 0.15) is 0 Å². The molecule has 1 atom stereocenters. The molecule has 0 amide bonds. The average molecular weight is 341 g/mol. The zero-order valence-electron chi connectivity index (χ0n) is 13.8. The van der Waals surface area contributed by atoms with Crippen LogP contribution in [0.4, 0.5) is 5.69 Å². The van der Waals surface area contributed by atoms with Crippen LogP contribution in [0.3, 0.4) is 0 Å². The Bertz CT molecular complexity index is 423. The fourth-order valence-corrected chi connectivity index (χ4v) is 2.64. The molecule has 1 rings (SSSR count). The van der Waals surface area contributed by atoms with Crippen LogP contribution in [0.1, 0.15) is 46.6 Å². The molecule has 2 nitrogen and oxygen atoms in total. The lowest BCUT2D eigenvalue weighted by Crippen LogP contribution is -2.40. The first-order chi connectivity index (χ1) is 9.27. The van der Waals surface area contributed by atoms with Gasteiger partial charge in [-0.1, -0.05) is 43.6 Å². The molecule has 0 fully saturated rings. The summed E-state index contributed by atoms with van der Waals surface area (Å²) in [5.41, 5.74) is 2.93. The Morgan fingerprint density at radius 2 is 1.95 bits per heavy atom. The van der Waals surface area contributed by atoms with Crippen molar-refractivity contribution in [3.05, 3.63) is 28.2 Å². The SMILES string of the molecule is CCCNCc1cc(Br)ccc1N(C)C(C)C(C)(C)C. The van der Waals surface area contributed by atoms with Crippen molar-refractivity contribution in [2.75, 3.05) is 18.5 Å². The normalized spacial score (nSPS) is 13.3. The minimum Gasteiger partial charge on any atom is -0.371 e. The number of anilines is 1. The number of nitrogens with one attached hydrogen (secondary N) is 1. The average Bonchev–Trinajstić information content (AvgIpc) is 2.36. The monoisotopic (exact) mass is 340 g/mol. The van der Waals surface area contributed by atoms with Crippen LogP contribution in [0.2, 0.25) is 0 Å². The highest BCUT2D eigenvalue weighted by Crippen LogP contribution is 2.31. The third-order valence-corrected chi connectivity index (χ3v) is 4.49. The molecule has 114 valence electrons. The second-order valence-electron chi connectivity index (χ2n) is 6.60. The number of nitrogens with zero attached hydrogens (tertiary/aromatic N) is 1. The highest BCUT2D eigenvalue weighted by atomic mass is 79.9. The molecule has 0 saturated carbocycles. The third-order valence-electron chi connectivity index (χ3n) is 4.00. The van der Waals surface area contributed by atoms with E-state index in [0.717, 1.165) is 24.0 Å². The molecule has 0 heterocycles. The summed E-state index contributed by atoms with van der Waals surface area (Å²) in [6.07, 6.45) is 1.16. The van der Waals surface area contributed by atoms with Gasteiger partial charge in [0.05, 0.1) is 0 Å². The van der Waals surface area contributed by atoms with Crippen molar-refractivity contribution in [2.45, 2.75) is 53.6 Å². The summed E-state index contributed by atoms with van der Waals surface area (Å²) in [7, 11) is 2.20. The van der Waals surface area contributed by atoms with Crippen molar-refractivity contribution in [3.8, 4) is 0 Å². The quantitative estimate of drug-likeness (QED) is 0.746. The highest BCUT2D eigenvalue weighted by molar-refractivity contribution is 9.10. The zero-order chi connectivity index (χ0) is 15.3. The Morgan fingerprint density at radius 1 is 1.30 bits per heavy atom. The van der Waals surface area contributed by atoms with E-state index < -0.39 is 0 Å². The fraction of sp³-hybridized carbons (Fsp3) is 0.647. The molecule has 20 heavy (non-hydrogen) atoms. The maximum absolute atomic E-state index is 3.58. The van der Waals surface area contributed by atoms with Gasteiger partial charge >= 0.3 is 0 Å². The summed E-state index contributed by atoms with van der Waals surface area (Å²) in [4.78, 5) is 2.40. The maximum Gasteiger partial charge on any atom is 0.0412 e. The highest BCUT2D eigenvalue weighted by Gasteiger charge is 2.25. The molecule has 0 aromatic heterocycles. The Kier molecular flexibility index (Phi) is 6.53. The molecule has 0 radical (unpaired) electrons. The molecular weight excluding hydrogens is 312 g/mol. The Morgan fingerprint density at radius 3 is 2.50 bits per heavy atom. The van der Waals surface area contributed by atoms with Crippen molar-refractivity contribution in [2.24, 2.45) is 5.41 Å². The summed E-state index contributed by atoms with van der Waals surface area (Å²) in [6.45, 7) is 13.4. The van der Waals surface area contributed by atoms with Gasteiger partial charge in [-0.15, -0.1) is 0 Å². The molecule has 0 saturated heterocycles. The van der Waals surface area contributed by atoms with Crippen molar-refractivity contribution >= 4 is 21.6 Å². The Hall–Kier alpha value is -0.540. The second kappa shape index (κ2) is 7.46. The van der Waals surface area contributed by atoms with E-state index in [1.54, 1.807) is 0 Å². The van der Waals surface area contributed by atoms with Gasteiger partial charge in [-0.05, 0) is 49.1 Å². The predicted octanol–water partition coefficient (Wildman–Crippen LogP) is 4.82. The van der Waals surface area contributed by atoms with E-state index in [1.165, 1.54) is 11.3 Å². The van der Waals surface area contributed by atoms with Crippen LogP contribution < -0.4 is 10.2 Å². The first kappa shape index (κ1) is 17.5. The smallest absolute Gasteiger partial charge is 0.0412 e. The molecular formula is C17H29BrN2. The standard InChI is InChI=1S/C17H29BrN2/c1-7-10-19-12-14-11-15(18)8-9-16(14)20(6)13(2)17(3,4)5/h8-9,11,13,19H,7,10,12H2,1-6H3. The van der Waals surface area contributed by atoms with E-state index in [9.17, 15) is 0 Å².